The molecule has 2 rings (SSSR count). The van der Waals surface area contributed by atoms with E-state index in [-0.39, 0.29) is 30.7 Å². The Morgan fingerprint density at radius 3 is 2.48 bits per heavy atom. The molecule has 1 aliphatic heterocycles. The summed E-state index contributed by atoms with van der Waals surface area (Å²) < 4.78 is 17.6. The van der Waals surface area contributed by atoms with Crippen molar-refractivity contribution >= 4 is 5.97 Å². The molecule has 1 aliphatic rings. The second-order valence-electron chi connectivity index (χ2n) is 6.14. The van der Waals surface area contributed by atoms with E-state index in [0.29, 0.717) is 6.61 Å². The van der Waals surface area contributed by atoms with Gasteiger partial charge in [-0.25, -0.2) is 4.79 Å². The lowest BCUT2D eigenvalue weighted by Gasteiger charge is -2.44. The monoisotopic (exact) mass is 322 g/mol. The van der Waals surface area contributed by atoms with E-state index in [1.165, 1.54) is 0 Å². The second kappa shape index (κ2) is 8.43. The smallest absolute Gasteiger partial charge is 0.329 e. The molecule has 1 aromatic carbocycles. The molecule has 1 saturated heterocycles. The van der Waals surface area contributed by atoms with Gasteiger partial charge in [0.1, 0.15) is 6.61 Å². The van der Waals surface area contributed by atoms with E-state index in [1.807, 2.05) is 44.2 Å². The van der Waals surface area contributed by atoms with Crippen LogP contribution in [0.5, 0.6) is 0 Å². The highest BCUT2D eigenvalue weighted by atomic mass is 16.7. The summed E-state index contributed by atoms with van der Waals surface area (Å²) in [5.41, 5.74) is 1.08. The zero-order valence-electron chi connectivity index (χ0n) is 14.0. The maximum absolute atomic E-state index is 10.8. The van der Waals surface area contributed by atoms with Gasteiger partial charge in [0, 0.05) is 11.8 Å². The zero-order chi connectivity index (χ0) is 16.8. The fraction of sp³-hybridized carbons (Fsp3) is 0.611. The summed E-state index contributed by atoms with van der Waals surface area (Å²) in [7, 11) is 0. The molecular formula is C18H26O5. The summed E-state index contributed by atoms with van der Waals surface area (Å²) in [5.74, 6) is -0.854. The van der Waals surface area contributed by atoms with Crippen LogP contribution in [0, 0.1) is 11.8 Å². The molecule has 0 amide bonds. The first-order valence-electron chi connectivity index (χ1n) is 8.17. The topological polar surface area (TPSA) is 65.0 Å². The van der Waals surface area contributed by atoms with Crippen LogP contribution in [0.15, 0.2) is 30.3 Å². The Morgan fingerprint density at radius 1 is 1.17 bits per heavy atom. The van der Waals surface area contributed by atoms with Gasteiger partial charge in [0.15, 0.2) is 6.29 Å². The van der Waals surface area contributed by atoms with E-state index in [1.54, 1.807) is 0 Å². The van der Waals surface area contributed by atoms with Crippen LogP contribution in [0.25, 0.3) is 0 Å². The third-order valence-corrected chi connectivity index (χ3v) is 4.42. The van der Waals surface area contributed by atoms with Crippen molar-refractivity contribution in [2.75, 3.05) is 6.61 Å². The van der Waals surface area contributed by atoms with Gasteiger partial charge in [-0.2, -0.15) is 0 Å². The lowest BCUT2D eigenvalue weighted by atomic mass is 9.84. The first kappa shape index (κ1) is 17.9. The Bertz CT molecular complexity index is 489. The van der Waals surface area contributed by atoms with E-state index in [2.05, 4.69) is 6.92 Å². The quantitative estimate of drug-likeness (QED) is 0.836. The van der Waals surface area contributed by atoms with Gasteiger partial charge in [-0.15, -0.1) is 0 Å². The van der Waals surface area contributed by atoms with Crippen molar-refractivity contribution in [1.82, 2.24) is 0 Å². The minimum Gasteiger partial charge on any atom is -0.480 e. The number of ether oxygens (including phenoxy) is 3. The molecule has 2 unspecified atom stereocenters. The molecule has 0 bridgehead atoms. The van der Waals surface area contributed by atoms with Crippen LogP contribution in [-0.4, -0.2) is 36.2 Å². The van der Waals surface area contributed by atoms with Gasteiger partial charge in [0.2, 0.25) is 0 Å². The van der Waals surface area contributed by atoms with E-state index >= 15 is 0 Å². The van der Waals surface area contributed by atoms with Gasteiger partial charge in [-0.05, 0) is 12.0 Å². The molecule has 128 valence electrons. The van der Waals surface area contributed by atoms with Gasteiger partial charge in [-0.3, -0.25) is 0 Å². The van der Waals surface area contributed by atoms with Crippen molar-refractivity contribution in [1.29, 1.82) is 0 Å². The van der Waals surface area contributed by atoms with Gasteiger partial charge in [-0.1, -0.05) is 51.1 Å². The molecule has 0 spiro atoms. The van der Waals surface area contributed by atoms with Crippen molar-refractivity contribution < 1.29 is 24.1 Å². The highest BCUT2D eigenvalue weighted by molar-refractivity contribution is 5.68. The molecule has 1 heterocycles. The Labute approximate surface area is 137 Å². The predicted molar refractivity (Wildman–Crippen MR) is 85.9 cm³/mol. The molecule has 5 atom stereocenters. The number of benzene rings is 1. The first-order valence-corrected chi connectivity index (χ1v) is 8.17. The molecule has 0 radical (unpaired) electrons. The molecule has 0 aromatic heterocycles. The lowest BCUT2D eigenvalue weighted by Crippen LogP contribution is -2.51. The van der Waals surface area contributed by atoms with E-state index in [9.17, 15) is 4.79 Å². The molecule has 0 aliphatic carbocycles. The first-order chi connectivity index (χ1) is 11.0. The van der Waals surface area contributed by atoms with E-state index in [4.69, 9.17) is 19.3 Å². The number of aliphatic carboxylic acids is 1. The number of rotatable bonds is 7. The molecule has 0 saturated carbocycles. The van der Waals surface area contributed by atoms with E-state index in [0.717, 1.165) is 12.0 Å². The average Bonchev–Trinajstić information content (AvgIpc) is 2.55. The normalized spacial score (nSPS) is 31.0. The summed E-state index contributed by atoms with van der Waals surface area (Å²) in [4.78, 5) is 10.8. The molecular weight excluding hydrogens is 296 g/mol. The SMILES string of the molecule is CCC1O[C@H](OCc2ccccc2)C(C)[C@@H](OCC(=O)O)[C@@H]1C. The Hall–Kier alpha value is -1.43. The van der Waals surface area contributed by atoms with Gasteiger partial charge < -0.3 is 19.3 Å². The third-order valence-electron chi connectivity index (χ3n) is 4.42. The molecule has 5 nitrogen and oxygen atoms in total. The maximum Gasteiger partial charge on any atom is 0.329 e. The fourth-order valence-corrected chi connectivity index (χ4v) is 3.15. The minimum atomic E-state index is -0.953. The van der Waals surface area contributed by atoms with Crippen molar-refractivity contribution in [2.24, 2.45) is 11.8 Å². The molecule has 1 aromatic rings. The van der Waals surface area contributed by atoms with Crippen LogP contribution in [0.4, 0.5) is 0 Å². The summed E-state index contributed by atoms with van der Waals surface area (Å²) in [5, 5.41) is 8.87. The number of carbonyl (C=O) groups is 1. The Kier molecular flexibility index (Phi) is 6.57. The maximum atomic E-state index is 10.8. The summed E-state index contributed by atoms with van der Waals surface area (Å²) in [6.07, 6.45) is 0.262. The van der Waals surface area contributed by atoms with Crippen LogP contribution in [-0.2, 0) is 25.6 Å². The minimum absolute atomic E-state index is 0.00534. The standard InChI is InChI=1S/C18H26O5/c1-4-15-12(2)17(21-11-16(19)20)13(3)18(23-15)22-10-14-8-6-5-7-9-14/h5-9,12-13,15,17-18H,4,10-11H2,1-3H3,(H,19,20)/t12-,13?,15?,17+,18+/m1/s1. The van der Waals surface area contributed by atoms with Gasteiger partial charge in [0.05, 0.1) is 18.8 Å². The highest BCUT2D eigenvalue weighted by Gasteiger charge is 2.42. The van der Waals surface area contributed by atoms with Crippen molar-refractivity contribution in [3.05, 3.63) is 35.9 Å². The largest absolute Gasteiger partial charge is 0.480 e. The van der Waals surface area contributed by atoms with Crippen LogP contribution in [0.2, 0.25) is 0 Å². The van der Waals surface area contributed by atoms with Crippen molar-refractivity contribution in [3.8, 4) is 0 Å². The van der Waals surface area contributed by atoms with Crippen LogP contribution in [0.1, 0.15) is 32.8 Å². The van der Waals surface area contributed by atoms with Crippen molar-refractivity contribution in [2.45, 2.75) is 52.3 Å². The van der Waals surface area contributed by atoms with Gasteiger partial charge >= 0.3 is 5.97 Å². The molecule has 5 heteroatoms. The molecule has 23 heavy (non-hydrogen) atoms. The van der Waals surface area contributed by atoms with E-state index < -0.39 is 12.3 Å². The van der Waals surface area contributed by atoms with Crippen LogP contribution in [0.3, 0.4) is 0 Å². The van der Waals surface area contributed by atoms with Crippen LogP contribution >= 0.6 is 0 Å². The number of carboxylic acid groups (broad SMARTS) is 1. The number of hydrogen-bond donors (Lipinski definition) is 1. The summed E-state index contributed by atoms with van der Waals surface area (Å²) >= 11 is 0. The summed E-state index contributed by atoms with van der Waals surface area (Å²) in [6, 6.07) is 9.92. The number of carboxylic acids is 1. The van der Waals surface area contributed by atoms with Crippen LogP contribution < -0.4 is 0 Å². The highest BCUT2D eigenvalue weighted by Crippen LogP contribution is 2.34. The Morgan fingerprint density at radius 2 is 1.87 bits per heavy atom. The average molecular weight is 322 g/mol. The van der Waals surface area contributed by atoms with Gasteiger partial charge in [0.25, 0.3) is 0 Å². The molecule has 1 fully saturated rings. The predicted octanol–water partition coefficient (Wildman–Crippen LogP) is 3.08. The van der Waals surface area contributed by atoms with Crippen molar-refractivity contribution in [3.63, 3.8) is 0 Å². The molecule has 1 N–H and O–H groups in total. The second-order valence-corrected chi connectivity index (χ2v) is 6.14. The summed E-state index contributed by atoms with van der Waals surface area (Å²) in [6.45, 7) is 6.27. The lowest BCUT2D eigenvalue weighted by molar-refractivity contribution is -0.273. The third kappa shape index (κ3) is 4.77. The zero-order valence-corrected chi connectivity index (χ0v) is 14.0. The number of hydrogen-bond acceptors (Lipinski definition) is 4. The fourth-order valence-electron chi connectivity index (χ4n) is 3.15. The Balaban J connectivity index is 2.01.